The molecule has 1 saturated heterocycles. The number of aliphatic hydroxyl groups excluding tert-OH is 1. The van der Waals surface area contributed by atoms with Crippen LogP contribution >= 0.6 is 0 Å². The third-order valence-electron chi connectivity index (χ3n) is 3.82. The number of nitrogens with zero attached hydrogens (tertiary/aromatic N) is 2. The molecule has 6 heteroatoms. The fraction of sp³-hybridized carbons (Fsp3) is 0.562. The summed E-state index contributed by atoms with van der Waals surface area (Å²) in [6.07, 6.45) is -0.165. The van der Waals surface area contributed by atoms with Crippen molar-refractivity contribution in [3.05, 3.63) is 29.6 Å². The Morgan fingerprint density at radius 1 is 1.36 bits per heavy atom. The first-order valence-corrected chi connectivity index (χ1v) is 7.50. The van der Waals surface area contributed by atoms with Gasteiger partial charge in [0.15, 0.2) is 11.6 Å². The molecule has 0 aromatic heterocycles. The Labute approximate surface area is 130 Å². The molecule has 1 heterocycles. The zero-order valence-electron chi connectivity index (χ0n) is 13.1. The molecule has 0 aliphatic carbocycles. The molecule has 1 aliphatic heterocycles. The van der Waals surface area contributed by atoms with Crippen LogP contribution in [-0.4, -0.2) is 66.8 Å². The van der Waals surface area contributed by atoms with E-state index < -0.39 is 5.82 Å². The van der Waals surface area contributed by atoms with Crippen molar-refractivity contribution in [2.24, 2.45) is 0 Å². The van der Waals surface area contributed by atoms with Gasteiger partial charge in [-0.25, -0.2) is 4.39 Å². The molecule has 1 N–H and O–H groups in total. The highest BCUT2D eigenvalue weighted by atomic mass is 19.1. The number of β-amino-alcohol motifs (C(OH)–C–C–N with tert-alkyl or cyclic N) is 1. The van der Waals surface area contributed by atoms with Gasteiger partial charge in [0.1, 0.15) is 0 Å². The minimum absolute atomic E-state index is 0.00117. The van der Waals surface area contributed by atoms with Crippen LogP contribution in [0.2, 0.25) is 0 Å². The Hall–Kier alpha value is -1.66. The van der Waals surface area contributed by atoms with Crippen molar-refractivity contribution in [2.75, 3.05) is 39.8 Å². The number of carbonyl (C=O) groups excluding carboxylic acids is 1. The summed E-state index contributed by atoms with van der Waals surface area (Å²) in [6.45, 7) is 5.19. The second kappa shape index (κ2) is 7.56. The number of methoxy groups -OCH3 is 1. The fourth-order valence-corrected chi connectivity index (χ4v) is 2.66. The topological polar surface area (TPSA) is 53.0 Å². The number of aliphatic hydroxyl groups is 1. The largest absolute Gasteiger partial charge is 0.494 e. The lowest BCUT2D eigenvalue weighted by molar-refractivity contribution is -0.132. The molecular weight excluding hydrogens is 287 g/mol. The maximum absolute atomic E-state index is 13.6. The Morgan fingerprint density at radius 3 is 2.59 bits per heavy atom. The van der Waals surface area contributed by atoms with Gasteiger partial charge in [-0.3, -0.25) is 9.69 Å². The minimum atomic E-state index is -0.449. The molecule has 1 unspecified atom stereocenters. The summed E-state index contributed by atoms with van der Waals surface area (Å²) >= 11 is 0. The van der Waals surface area contributed by atoms with Crippen molar-refractivity contribution in [3.63, 3.8) is 0 Å². The molecule has 5 nitrogen and oxygen atoms in total. The first-order valence-electron chi connectivity index (χ1n) is 7.50. The Morgan fingerprint density at radius 2 is 2.05 bits per heavy atom. The molecule has 1 fully saturated rings. The van der Waals surface area contributed by atoms with E-state index in [1.165, 1.54) is 13.2 Å². The molecule has 0 saturated carbocycles. The third-order valence-corrected chi connectivity index (χ3v) is 3.82. The molecular formula is C16H23FN2O3. The lowest BCUT2D eigenvalue weighted by Crippen LogP contribution is -2.50. The predicted octanol–water partition coefficient (Wildman–Crippen LogP) is 0.902. The summed E-state index contributed by atoms with van der Waals surface area (Å²) in [4.78, 5) is 16.2. The molecule has 1 atom stereocenters. The normalized spacial score (nSPS) is 17.4. The van der Waals surface area contributed by atoms with E-state index in [1.807, 2.05) is 0 Å². The standard InChI is InChI=1S/C16H23FN2O3/c1-12(20)11-18-5-7-19(8-6-18)16(21)10-13-3-4-15(22-2)14(17)9-13/h3-4,9,12,20H,5-8,10-11H2,1-2H3. The van der Waals surface area contributed by atoms with Gasteiger partial charge in [-0.15, -0.1) is 0 Å². The van der Waals surface area contributed by atoms with Gasteiger partial charge >= 0.3 is 0 Å². The van der Waals surface area contributed by atoms with Gasteiger partial charge < -0.3 is 14.7 Å². The minimum Gasteiger partial charge on any atom is -0.494 e. The molecule has 22 heavy (non-hydrogen) atoms. The number of hydrogen-bond donors (Lipinski definition) is 1. The molecule has 0 radical (unpaired) electrons. The summed E-state index contributed by atoms with van der Waals surface area (Å²) in [7, 11) is 1.41. The van der Waals surface area contributed by atoms with Crippen LogP contribution in [0.1, 0.15) is 12.5 Å². The van der Waals surface area contributed by atoms with Crippen molar-refractivity contribution >= 4 is 5.91 Å². The zero-order chi connectivity index (χ0) is 16.1. The van der Waals surface area contributed by atoms with Crippen LogP contribution in [0.4, 0.5) is 4.39 Å². The van der Waals surface area contributed by atoms with E-state index in [9.17, 15) is 14.3 Å². The maximum Gasteiger partial charge on any atom is 0.227 e. The summed E-state index contributed by atoms with van der Waals surface area (Å²) in [5.41, 5.74) is 0.648. The summed E-state index contributed by atoms with van der Waals surface area (Å²) in [5.74, 6) is -0.265. The molecule has 1 amide bonds. The van der Waals surface area contributed by atoms with Gasteiger partial charge in [0, 0.05) is 32.7 Å². The Bertz CT molecular complexity index is 514. The lowest BCUT2D eigenvalue weighted by Gasteiger charge is -2.35. The number of halogens is 1. The van der Waals surface area contributed by atoms with Crippen molar-refractivity contribution in [1.82, 2.24) is 9.80 Å². The van der Waals surface area contributed by atoms with Crippen LogP contribution in [0.15, 0.2) is 18.2 Å². The van der Waals surface area contributed by atoms with Crippen molar-refractivity contribution < 1.29 is 19.0 Å². The van der Waals surface area contributed by atoms with Gasteiger partial charge in [0.2, 0.25) is 5.91 Å². The maximum atomic E-state index is 13.6. The van der Waals surface area contributed by atoms with Crippen LogP contribution in [-0.2, 0) is 11.2 Å². The molecule has 1 aliphatic rings. The lowest BCUT2D eigenvalue weighted by atomic mass is 10.1. The molecule has 0 spiro atoms. The second-order valence-corrected chi connectivity index (χ2v) is 5.68. The summed E-state index contributed by atoms with van der Waals surface area (Å²) in [6, 6.07) is 4.60. The van der Waals surface area contributed by atoms with Crippen LogP contribution in [0.3, 0.4) is 0 Å². The number of amides is 1. The van der Waals surface area contributed by atoms with E-state index in [4.69, 9.17) is 4.74 Å². The number of ether oxygens (including phenoxy) is 1. The second-order valence-electron chi connectivity index (χ2n) is 5.68. The molecule has 1 aromatic rings. The first-order chi connectivity index (χ1) is 10.5. The smallest absolute Gasteiger partial charge is 0.227 e. The monoisotopic (exact) mass is 310 g/mol. The number of piperazine rings is 1. The van der Waals surface area contributed by atoms with E-state index in [-0.39, 0.29) is 24.2 Å². The van der Waals surface area contributed by atoms with E-state index >= 15 is 0 Å². The van der Waals surface area contributed by atoms with Crippen LogP contribution in [0.25, 0.3) is 0 Å². The fourth-order valence-electron chi connectivity index (χ4n) is 2.66. The molecule has 2 rings (SSSR count). The number of benzene rings is 1. The predicted molar refractivity (Wildman–Crippen MR) is 81.4 cm³/mol. The third kappa shape index (κ3) is 4.42. The first kappa shape index (κ1) is 16.7. The van der Waals surface area contributed by atoms with Gasteiger partial charge in [0.25, 0.3) is 0 Å². The van der Waals surface area contributed by atoms with E-state index in [0.717, 1.165) is 13.1 Å². The molecule has 122 valence electrons. The van der Waals surface area contributed by atoms with E-state index in [0.29, 0.717) is 25.2 Å². The Kier molecular flexibility index (Phi) is 5.74. The highest BCUT2D eigenvalue weighted by Gasteiger charge is 2.22. The highest BCUT2D eigenvalue weighted by molar-refractivity contribution is 5.79. The van der Waals surface area contributed by atoms with Crippen LogP contribution in [0.5, 0.6) is 5.75 Å². The summed E-state index contributed by atoms with van der Waals surface area (Å²) < 4.78 is 18.5. The van der Waals surface area contributed by atoms with Crippen LogP contribution < -0.4 is 4.74 Å². The van der Waals surface area contributed by atoms with Gasteiger partial charge in [-0.2, -0.15) is 0 Å². The van der Waals surface area contributed by atoms with Crippen molar-refractivity contribution in [1.29, 1.82) is 0 Å². The zero-order valence-corrected chi connectivity index (χ0v) is 13.1. The van der Waals surface area contributed by atoms with E-state index in [2.05, 4.69) is 4.90 Å². The SMILES string of the molecule is COc1ccc(CC(=O)N2CCN(CC(C)O)CC2)cc1F. The van der Waals surface area contributed by atoms with Crippen molar-refractivity contribution in [2.45, 2.75) is 19.4 Å². The quantitative estimate of drug-likeness (QED) is 0.878. The molecule has 1 aromatic carbocycles. The van der Waals surface area contributed by atoms with Crippen LogP contribution in [0, 0.1) is 5.82 Å². The number of carbonyl (C=O) groups is 1. The molecule has 0 bridgehead atoms. The highest BCUT2D eigenvalue weighted by Crippen LogP contribution is 2.18. The Balaban J connectivity index is 1.87. The van der Waals surface area contributed by atoms with Gasteiger partial charge in [-0.05, 0) is 24.6 Å². The number of hydrogen-bond acceptors (Lipinski definition) is 4. The van der Waals surface area contributed by atoms with Gasteiger partial charge in [-0.1, -0.05) is 6.07 Å². The van der Waals surface area contributed by atoms with Crippen molar-refractivity contribution in [3.8, 4) is 5.75 Å². The average molecular weight is 310 g/mol. The number of rotatable bonds is 5. The summed E-state index contributed by atoms with van der Waals surface area (Å²) in [5, 5.41) is 9.38. The average Bonchev–Trinajstić information content (AvgIpc) is 2.47. The van der Waals surface area contributed by atoms with Gasteiger partial charge in [0.05, 0.1) is 19.6 Å². The van der Waals surface area contributed by atoms with E-state index in [1.54, 1.807) is 24.0 Å².